The van der Waals surface area contributed by atoms with Gasteiger partial charge in [-0.05, 0) is 44.1 Å². The molecule has 8 heteroatoms. The predicted octanol–water partition coefficient (Wildman–Crippen LogP) is 4.86. The molecule has 1 aromatic carbocycles. The number of rotatable bonds is 4. The fraction of sp³-hybridized carbons (Fsp3) is 0.200. The van der Waals surface area contributed by atoms with Crippen LogP contribution in [0.1, 0.15) is 24.5 Å². The average Bonchev–Trinajstić information content (AvgIpc) is 3.53. The number of aromatic amines is 1. The quantitative estimate of drug-likeness (QED) is 0.359. The highest BCUT2D eigenvalue weighted by Crippen LogP contribution is 2.40. The van der Waals surface area contributed by atoms with Crippen molar-refractivity contribution in [3.63, 3.8) is 0 Å². The summed E-state index contributed by atoms with van der Waals surface area (Å²) in [7, 11) is 0. The lowest BCUT2D eigenvalue weighted by Crippen LogP contribution is -2.27. The molecule has 5 aromatic rings. The molecule has 1 fully saturated rings. The van der Waals surface area contributed by atoms with E-state index in [4.69, 9.17) is 10.7 Å². The fourth-order valence-electron chi connectivity index (χ4n) is 4.56. The third-order valence-corrected chi connectivity index (χ3v) is 7.40. The maximum absolute atomic E-state index is 6.34. The molecule has 1 aliphatic heterocycles. The van der Waals surface area contributed by atoms with Crippen LogP contribution in [0, 0.1) is 0 Å². The molecule has 0 aliphatic carbocycles. The van der Waals surface area contributed by atoms with Crippen LogP contribution in [-0.2, 0) is 0 Å². The zero-order chi connectivity index (χ0) is 22.2. The predicted molar refractivity (Wildman–Crippen MR) is 133 cm³/mol. The van der Waals surface area contributed by atoms with E-state index in [0.717, 1.165) is 69.0 Å². The number of nitrogens with two attached hydrogens (primary N) is 1. The van der Waals surface area contributed by atoms with Gasteiger partial charge in [-0.2, -0.15) is 5.10 Å². The second-order valence-electron chi connectivity index (χ2n) is 8.29. The number of pyridine rings is 2. The van der Waals surface area contributed by atoms with Crippen LogP contribution in [0.5, 0.6) is 0 Å². The van der Waals surface area contributed by atoms with Gasteiger partial charge in [0.05, 0.1) is 22.0 Å². The number of piperidine rings is 1. The first-order valence-electron chi connectivity index (χ1n) is 11.1. The van der Waals surface area contributed by atoms with Crippen molar-refractivity contribution in [2.45, 2.75) is 18.8 Å². The molecule has 5 heterocycles. The molecule has 0 unspecified atom stereocenters. The van der Waals surface area contributed by atoms with Crippen LogP contribution >= 0.6 is 11.3 Å². The molecule has 1 saturated heterocycles. The lowest BCUT2D eigenvalue weighted by molar-refractivity contribution is 0.453. The summed E-state index contributed by atoms with van der Waals surface area (Å²) in [6.07, 6.45) is 9.59. The van der Waals surface area contributed by atoms with E-state index in [-0.39, 0.29) is 0 Å². The molecule has 0 saturated carbocycles. The number of nitrogens with zero attached hydrogens (tertiary/aromatic N) is 4. The Bertz CT molecular complexity index is 1420. The van der Waals surface area contributed by atoms with Crippen molar-refractivity contribution in [3.05, 3.63) is 66.9 Å². The van der Waals surface area contributed by atoms with Crippen molar-refractivity contribution in [1.29, 1.82) is 0 Å². The number of nitrogens with one attached hydrogen (secondary N) is 2. The maximum atomic E-state index is 6.34. The zero-order valence-electron chi connectivity index (χ0n) is 18.0. The Morgan fingerprint density at radius 1 is 0.939 bits per heavy atom. The van der Waals surface area contributed by atoms with Crippen LogP contribution in [-0.4, -0.2) is 38.2 Å². The van der Waals surface area contributed by atoms with Gasteiger partial charge in [0, 0.05) is 52.5 Å². The molecule has 0 amide bonds. The number of H-pyrrole nitrogens is 1. The standard InChI is InChI=1S/C25H23N7S/c26-24-19(11-17(13-29-24)20-14-30-32-22(20)15-6-9-27-10-7-15)25-31-21-5-1-4-18(23(21)33-25)16-3-2-8-28-12-16/h1-5,8,11-15,27H,6-7,9-10H2,(H2,26,29)(H,30,32). The van der Waals surface area contributed by atoms with Gasteiger partial charge in [0.15, 0.2) is 0 Å². The van der Waals surface area contributed by atoms with E-state index in [2.05, 4.69) is 43.7 Å². The number of thiazole rings is 1. The summed E-state index contributed by atoms with van der Waals surface area (Å²) in [5.41, 5.74) is 13.6. The molecule has 0 radical (unpaired) electrons. The van der Waals surface area contributed by atoms with E-state index in [1.165, 1.54) is 5.69 Å². The topological polar surface area (TPSA) is 105 Å². The summed E-state index contributed by atoms with van der Waals surface area (Å²) in [5.74, 6) is 0.946. The van der Waals surface area contributed by atoms with E-state index in [9.17, 15) is 0 Å². The zero-order valence-corrected chi connectivity index (χ0v) is 18.8. The second kappa shape index (κ2) is 8.38. The Kier molecular flexibility index (Phi) is 5.09. The highest BCUT2D eigenvalue weighted by molar-refractivity contribution is 7.22. The summed E-state index contributed by atoms with van der Waals surface area (Å²) in [6, 6.07) is 12.3. The number of hydrogen-bond donors (Lipinski definition) is 3. The van der Waals surface area contributed by atoms with Gasteiger partial charge in [-0.15, -0.1) is 11.3 Å². The van der Waals surface area contributed by atoms with Gasteiger partial charge in [-0.25, -0.2) is 9.97 Å². The average molecular weight is 454 g/mol. The van der Waals surface area contributed by atoms with Crippen LogP contribution in [0.25, 0.3) is 43.0 Å². The molecule has 164 valence electrons. The normalized spacial score (nSPS) is 14.7. The fourth-order valence-corrected chi connectivity index (χ4v) is 5.68. The summed E-state index contributed by atoms with van der Waals surface area (Å²) in [4.78, 5) is 13.7. The molecule has 0 bridgehead atoms. The lowest BCUT2D eigenvalue weighted by Gasteiger charge is -2.22. The Morgan fingerprint density at radius 3 is 2.70 bits per heavy atom. The monoisotopic (exact) mass is 453 g/mol. The van der Waals surface area contributed by atoms with E-state index in [0.29, 0.717) is 11.7 Å². The number of aromatic nitrogens is 5. The first-order chi connectivity index (χ1) is 16.3. The molecular weight excluding hydrogens is 430 g/mol. The van der Waals surface area contributed by atoms with Crippen LogP contribution < -0.4 is 11.1 Å². The molecule has 0 spiro atoms. The van der Waals surface area contributed by atoms with Gasteiger partial charge in [0.1, 0.15) is 10.8 Å². The number of benzene rings is 1. The molecular formula is C25H23N7S. The summed E-state index contributed by atoms with van der Waals surface area (Å²) < 4.78 is 1.11. The summed E-state index contributed by atoms with van der Waals surface area (Å²) >= 11 is 1.63. The van der Waals surface area contributed by atoms with Gasteiger partial charge in [-0.1, -0.05) is 18.2 Å². The van der Waals surface area contributed by atoms with Crippen LogP contribution in [0.2, 0.25) is 0 Å². The van der Waals surface area contributed by atoms with Crippen LogP contribution in [0.15, 0.2) is 61.2 Å². The van der Waals surface area contributed by atoms with Gasteiger partial charge in [0.25, 0.3) is 0 Å². The molecule has 1 aliphatic rings. The van der Waals surface area contributed by atoms with E-state index < -0.39 is 0 Å². The summed E-state index contributed by atoms with van der Waals surface area (Å²) in [5, 5.41) is 11.9. The van der Waals surface area contributed by atoms with Crippen molar-refractivity contribution in [2.24, 2.45) is 0 Å². The first kappa shape index (κ1) is 20.0. The van der Waals surface area contributed by atoms with Gasteiger partial charge in [-0.3, -0.25) is 10.1 Å². The molecule has 33 heavy (non-hydrogen) atoms. The molecule has 6 rings (SSSR count). The van der Waals surface area contributed by atoms with Crippen molar-refractivity contribution >= 4 is 27.4 Å². The van der Waals surface area contributed by atoms with Crippen molar-refractivity contribution in [2.75, 3.05) is 18.8 Å². The number of anilines is 1. The number of hydrogen-bond acceptors (Lipinski definition) is 7. The van der Waals surface area contributed by atoms with E-state index in [1.807, 2.05) is 36.8 Å². The molecule has 4 aromatic heterocycles. The van der Waals surface area contributed by atoms with Crippen molar-refractivity contribution < 1.29 is 0 Å². The van der Waals surface area contributed by atoms with Crippen LogP contribution in [0.3, 0.4) is 0 Å². The Labute approximate surface area is 195 Å². The smallest absolute Gasteiger partial charge is 0.133 e. The van der Waals surface area contributed by atoms with Crippen molar-refractivity contribution in [1.82, 2.24) is 30.5 Å². The van der Waals surface area contributed by atoms with Gasteiger partial charge in [0.2, 0.25) is 0 Å². The third kappa shape index (κ3) is 3.67. The summed E-state index contributed by atoms with van der Waals surface area (Å²) in [6.45, 7) is 2.05. The number of fused-ring (bicyclic) bond motifs is 1. The van der Waals surface area contributed by atoms with E-state index >= 15 is 0 Å². The maximum Gasteiger partial charge on any atom is 0.133 e. The lowest BCUT2D eigenvalue weighted by atomic mass is 9.90. The first-order valence-corrected chi connectivity index (χ1v) is 11.9. The minimum atomic E-state index is 0.467. The van der Waals surface area contributed by atoms with Crippen LogP contribution in [0.4, 0.5) is 5.82 Å². The minimum absolute atomic E-state index is 0.467. The minimum Gasteiger partial charge on any atom is -0.383 e. The highest BCUT2D eigenvalue weighted by atomic mass is 32.1. The molecule has 7 nitrogen and oxygen atoms in total. The van der Waals surface area contributed by atoms with E-state index in [1.54, 1.807) is 17.5 Å². The largest absolute Gasteiger partial charge is 0.383 e. The molecule has 4 N–H and O–H groups in total. The van der Waals surface area contributed by atoms with Gasteiger partial charge < -0.3 is 11.1 Å². The Balaban J connectivity index is 1.43. The molecule has 0 atom stereocenters. The Morgan fingerprint density at radius 2 is 1.85 bits per heavy atom. The van der Waals surface area contributed by atoms with Crippen molar-refractivity contribution in [3.8, 4) is 32.8 Å². The number of nitrogen functional groups attached to an aromatic ring is 1. The Hall–Kier alpha value is -3.62. The van der Waals surface area contributed by atoms with Gasteiger partial charge >= 0.3 is 0 Å². The second-order valence-corrected chi connectivity index (χ2v) is 9.29. The SMILES string of the molecule is Nc1ncc(-c2cn[nH]c2C2CCNCC2)cc1-c1nc2cccc(-c3cccnc3)c2s1. The third-order valence-electron chi connectivity index (χ3n) is 6.26. The highest BCUT2D eigenvalue weighted by Gasteiger charge is 2.22.